The molecule has 1 aliphatic rings. The number of nitrogens with zero attached hydrogens (tertiary/aromatic N) is 2. The van der Waals surface area contributed by atoms with Crippen molar-refractivity contribution >= 4 is 11.7 Å². The lowest BCUT2D eigenvalue weighted by Gasteiger charge is -2.23. The van der Waals surface area contributed by atoms with Crippen LogP contribution in [0.4, 0.5) is 10.2 Å². The maximum atomic E-state index is 13.4. The SMILES string of the molecule is CCNc1ncc(F)cc1C(=O)N(CCOC)C1CC1. The number of rotatable bonds is 7. The largest absolute Gasteiger partial charge is 0.383 e. The fourth-order valence-electron chi connectivity index (χ4n) is 2.09. The summed E-state index contributed by atoms with van der Waals surface area (Å²) in [5, 5.41) is 3.00. The normalized spacial score (nSPS) is 14.2. The lowest BCUT2D eigenvalue weighted by Crippen LogP contribution is -2.36. The number of nitrogens with one attached hydrogen (secondary N) is 1. The van der Waals surface area contributed by atoms with Gasteiger partial charge in [-0.2, -0.15) is 0 Å². The first-order valence-electron chi connectivity index (χ1n) is 6.86. The van der Waals surface area contributed by atoms with Crippen LogP contribution >= 0.6 is 0 Å². The van der Waals surface area contributed by atoms with Gasteiger partial charge in [-0.15, -0.1) is 0 Å². The Morgan fingerprint density at radius 1 is 1.60 bits per heavy atom. The molecule has 1 fully saturated rings. The smallest absolute Gasteiger partial charge is 0.258 e. The maximum Gasteiger partial charge on any atom is 0.258 e. The van der Waals surface area contributed by atoms with Gasteiger partial charge < -0.3 is 15.0 Å². The van der Waals surface area contributed by atoms with Crippen LogP contribution in [-0.2, 0) is 4.74 Å². The van der Waals surface area contributed by atoms with Gasteiger partial charge in [-0.25, -0.2) is 9.37 Å². The summed E-state index contributed by atoms with van der Waals surface area (Å²) >= 11 is 0. The molecular formula is C14H20FN3O2. The summed E-state index contributed by atoms with van der Waals surface area (Å²) in [5.74, 6) is -0.257. The number of pyridine rings is 1. The first-order valence-corrected chi connectivity index (χ1v) is 6.86. The van der Waals surface area contributed by atoms with Crippen LogP contribution in [0, 0.1) is 5.82 Å². The zero-order valence-electron chi connectivity index (χ0n) is 11.9. The second-order valence-electron chi connectivity index (χ2n) is 4.80. The Bertz CT molecular complexity index is 477. The third-order valence-electron chi connectivity index (χ3n) is 3.21. The van der Waals surface area contributed by atoms with Gasteiger partial charge in [-0.1, -0.05) is 0 Å². The number of ether oxygens (including phenoxy) is 1. The van der Waals surface area contributed by atoms with E-state index in [1.54, 1.807) is 12.0 Å². The van der Waals surface area contributed by atoms with Gasteiger partial charge in [-0.3, -0.25) is 4.79 Å². The molecule has 1 saturated carbocycles. The van der Waals surface area contributed by atoms with E-state index < -0.39 is 5.82 Å². The van der Waals surface area contributed by atoms with Crippen LogP contribution in [0.15, 0.2) is 12.3 Å². The summed E-state index contributed by atoms with van der Waals surface area (Å²) in [5.41, 5.74) is 0.287. The van der Waals surface area contributed by atoms with E-state index in [0.29, 0.717) is 25.5 Å². The van der Waals surface area contributed by atoms with E-state index in [1.165, 1.54) is 6.07 Å². The third-order valence-corrected chi connectivity index (χ3v) is 3.21. The Morgan fingerprint density at radius 3 is 2.95 bits per heavy atom. The lowest BCUT2D eigenvalue weighted by molar-refractivity contribution is 0.0680. The highest BCUT2D eigenvalue weighted by Gasteiger charge is 2.33. The zero-order valence-corrected chi connectivity index (χ0v) is 11.9. The van der Waals surface area contributed by atoms with Crippen molar-refractivity contribution in [3.8, 4) is 0 Å². The molecule has 0 radical (unpaired) electrons. The highest BCUT2D eigenvalue weighted by molar-refractivity contribution is 5.99. The van der Waals surface area contributed by atoms with Gasteiger partial charge >= 0.3 is 0 Å². The molecule has 1 aromatic rings. The van der Waals surface area contributed by atoms with E-state index in [-0.39, 0.29) is 17.5 Å². The molecular weight excluding hydrogens is 261 g/mol. The average Bonchev–Trinajstić information content (AvgIpc) is 3.26. The van der Waals surface area contributed by atoms with Gasteiger partial charge in [0.2, 0.25) is 0 Å². The molecule has 0 spiro atoms. The zero-order chi connectivity index (χ0) is 14.5. The van der Waals surface area contributed by atoms with Gasteiger partial charge in [0, 0.05) is 26.2 Å². The van der Waals surface area contributed by atoms with Crippen LogP contribution in [0.3, 0.4) is 0 Å². The molecule has 0 atom stereocenters. The second kappa shape index (κ2) is 6.65. The van der Waals surface area contributed by atoms with Gasteiger partial charge in [0.05, 0.1) is 18.4 Å². The first-order chi connectivity index (χ1) is 9.67. The lowest BCUT2D eigenvalue weighted by atomic mass is 10.2. The Morgan fingerprint density at radius 2 is 2.35 bits per heavy atom. The molecule has 1 N–H and O–H groups in total. The Balaban J connectivity index is 2.23. The molecule has 1 aromatic heterocycles. The van der Waals surface area contributed by atoms with Crippen LogP contribution in [0.1, 0.15) is 30.1 Å². The summed E-state index contributed by atoms with van der Waals surface area (Å²) < 4.78 is 18.4. The molecule has 5 nitrogen and oxygen atoms in total. The molecule has 1 aliphatic carbocycles. The fraction of sp³-hybridized carbons (Fsp3) is 0.571. The quantitative estimate of drug-likeness (QED) is 0.829. The van der Waals surface area contributed by atoms with Crippen molar-refractivity contribution in [2.75, 3.05) is 32.1 Å². The topological polar surface area (TPSA) is 54.5 Å². The molecule has 2 rings (SSSR count). The Kier molecular flexibility index (Phi) is 4.89. The number of hydrogen-bond donors (Lipinski definition) is 1. The van der Waals surface area contributed by atoms with E-state index >= 15 is 0 Å². The first kappa shape index (κ1) is 14.7. The number of carbonyl (C=O) groups excluding carboxylic acids is 1. The minimum Gasteiger partial charge on any atom is -0.383 e. The van der Waals surface area contributed by atoms with Crippen molar-refractivity contribution in [3.05, 3.63) is 23.6 Å². The third kappa shape index (κ3) is 3.45. The molecule has 0 unspecified atom stereocenters. The van der Waals surface area contributed by atoms with E-state index in [1.807, 2.05) is 6.92 Å². The van der Waals surface area contributed by atoms with Crippen LogP contribution in [0.5, 0.6) is 0 Å². The molecule has 110 valence electrons. The molecule has 1 heterocycles. The number of anilines is 1. The standard InChI is InChI=1S/C14H20FN3O2/c1-3-16-13-12(8-10(15)9-17-13)14(19)18(6-7-20-2)11-4-5-11/h8-9,11H,3-7H2,1-2H3,(H,16,17). The number of methoxy groups -OCH3 is 1. The second-order valence-corrected chi connectivity index (χ2v) is 4.80. The van der Waals surface area contributed by atoms with Gasteiger partial charge in [0.25, 0.3) is 5.91 Å². The molecule has 0 saturated heterocycles. The van der Waals surface area contributed by atoms with Crippen molar-refractivity contribution in [1.82, 2.24) is 9.88 Å². The number of carbonyl (C=O) groups is 1. The highest BCUT2D eigenvalue weighted by Crippen LogP contribution is 2.29. The highest BCUT2D eigenvalue weighted by atomic mass is 19.1. The fourth-order valence-corrected chi connectivity index (χ4v) is 2.09. The van der Waals surface area contributed by atoms with Gasteiger partial charge in [-0.05, 0) is 25.8 Å². The van der Waals surface area contributed by atoms with Gasteiger partial charge in [0.1, 0.15) is 11.6 Å². The van der Waals surface area contributed by atoms with Crippen LogP contribution < -0.4 is 5.32 Å². The number of halogens is 1. The van der Waals surface area contributed by atoms with Crippen LogP contribution in [-0.4, -0.2) is 48.6 Å². The summed E-state index contributed by atoms with van der Waals surface area (Å²) in [6.07, 6.45) is 3.11. The summed E-state index contributed by atoms with van der Waals surface area (Å²) in [4.78, 5) is 18.3. The predicted molar refractivity (Wildman–Crippen MR) is 74.3 cm³/mol. The summed E-state index contributed by atoms with van der Waals surface area (Å²) in [6.45, 7) is 3.52. The number of aromatic nitrogens is 1. The minimum atomic E-state index is -0.502. The van der Waals surface area contributed by atoms with Gasteiger partial charge in [0.15, 0.2) is 0 Å². The van der Waals surface area contributed by atoms with Crippen molar-refractivity contribution in [1.29, 1.82) is 0 Å². The van der Waals surface area contributed by atoms with Crippen molar-refractivity contribution in [2.45, 2.75) is 25.8 Å². The molecule has 6 heteroatoms. The summed E-state index contributed by atoms with van der Waals surface area (Å²) in [7, 11) is 1.60. The maximum absolute atomic E-state index is 13.4. The molecule has 0 aliphatic heterocycles. The summed E-state index contributed by atoms with van der Waals surface area (Å²) in [6, 6.07) is 1.49. The molecule has 0 bridgehead atoms. The Labute approximate surface area is 118 Å². The van der Waals surface area contributed by atoms with Crippen LogP contribution in [0.25, 0.3) is 0 Å². The van der Waals surface area contributed by atoms with Crippen molar-refractivity contribution < 1.29 is 13.9 Å². The molecule has 0 aromatic carbocycles. The van der Waals surface area contributed by atoms with E-state index in [4.69, 9.17) is 4.74 Å². The van der Waals surface area contributed by atoms with Crippen molar-refractivity contribution in [3.63, 3.8) is 0 Å². The number of hydrogen-bond acceptors (Lipinski definition) is 4. The van der Waals surface area contributed by atoms with E-state index in [2.05, 4.69) is 10.3 Å². The minimum absolute atomic E-state index is 0.187. The number of amides is 1. The van der Waals surface area contributed by atoms with Crippen LogP contribution in [0.2, 0.25) is 0 Å². The van der Waals surface area contributed by atoms with Crippen molar-refractivity contribution in [2.24, 2.45) is 0 Å². The molecule has 20 heavy (non-hydrogen) atoms. The van der Waals surface area contributed by atoms with E-state index in [0.717, 1.165) is 19.0 Å². The molecule has 1 amide bonds. The Hall–Kier alpha value is -1.69. The monoisotopic (exact) mass is 281 g/mol. The average molecular weight is 281 g/mol. The predicted octanol–water partition coefficient (Wildman–Crippen LogP) is 1.90. The van der Waals surface area contributed by atoms with E-state index in [9.17, 15) is 9.18 Å².